The molecular weight excluding hydrogens is 335 g/mol. The largest absolute Gasteiger partial charge is 0.465 e. The SMILES string of the molecule is COC(=O)c1cccc(N(CC2CC2)C(=O)c2ccc(C#N)cc2)c1F. The van der Waals surface area contributed by atoms with Crippen molar-refractivity contribution in [3.8, 4) is 6.07 Å². The van der Waals surface area contributed by atoms with Crippen molar-refractivity contribution < 1.29 is 18.7 Å². The van der Waals surface area contributed by atoms with E-state index in [9.17, 15) is 14.0 Å². The molecule has 1 saturated carbocycles. The van der Waals surface area contributed by atoms with E-state index in [0.717, 1.165) is 12.8 Å². The number of ether oxygens (including phenoxy) is 1. The maximum Gasteiger partial charge on any atom is 0.340 e. The molecular formula is C20H17FN2O3. The van der Waals surface area contributed by atoms with Gasteiger partial charge in [0, 0.05) is 12.1 Å². The number of nitriles is 1. The zero-order chi connectivity index (χ0) is 18.7. The number of amides is 1. The predicted octanol–water partition coefficient (Wildman–Crippen LogP) is 3.54. The number of halogens is 1. The number of rotatable bonds is 5. The standard InChI is InChI=1S/C20H17FN2O3/c1-26-20(25)16-3-2-4-17(18(16)21)23(12-14-5-6-14)19(24)15-9-7-13(11-22)8-10-15/h2-4,7-10,14H,5-6,12H2,1H3. The maximum absolute atomic E-state index is 14.9. The van der Waals surface area contributed by atoms with Crippen LogP contribution in [0.15, 0.2) is 42.5 Å². The molecule has 0 N–H and O–H groups in total. The van der Waals surface area contributed by atoms with Crippen molar-refractivity contribution in [2.75, 3.05) is 18.6 Å². The van der Waals surface area contributed by atoms with Crippen LogP contribution < -0.4 is 4.90 Å². The minimum atomic E-state index is -0.790. The summed E-state index contributed by atoms with van der Waals surface area (Å²) in [5.41, 5.74) is 0.634. The van der Waals surface area contributed by atoms with Gasteiger partial charge >= 0.3 is 5.97 Å². The molecule has 0 radical (unpaired) electrons. The first-order valence-electron chi connectivity index (χ1n) is 8.24. The second-order valence-electron chi connectivity index (χ2n) is 6.18. The Morgan fingerprint density at radius 1 is 1.23 bits per heavy atom. The van der Waals surface area contributed by atoms with Crippen LogP contribution in [0.4, 0.5) is 10.1 Å². The van der Waals surface area contributed by atoms with Crippen molar-refractivity contribution in [2.45, 2.75) is 12.8 Å². The van der Waals surface area contributed by atoms with Gasteiger partial charge in [-0.15, -0.1) is 0 Å². The average Bonchev–Trinajstić information content (AvgIpc) is 3.50. The Balaban J connectivity index is 1.99. The quantitative estimate of drug-likeness (QED) is 0.772. The summed E-state index contributed by atoms with van der Waals surface area (Å²) in [5.74, 6) is -1.62. The summed E-state index contributed by atoms with van der Waals surface area (Å²) in [6.45, 7) is 0.375. The topological polar surface area (TPSA) is 70.4 Å². The van der Waals surface area contributed by atoms with Crippen LogP contribution in [-0.2, 0) is 4.74 Å². The van der Waals surface area contributed by atoms with Gasteiger partial charge in [0.25, 0.3) is 5.91 Å². The molecule has 0 aromatic heterocycles. The Labute approximate surface area is 150 Å². The van der Waals surface area contributed by atoms with Gasteiger partial charge in [0.2, 0.25) is 0 Å². The van der Waals surface area contributed by atoms with E-state index < -0.39 is 11.8 Å². The second kappa shape index (κ2) is 7.36. The summed E-state index contributed by atoms with van der Waals surface area (Å²) >= 11 is 0. The number of hydrogen-bond donors (Lipinski definition) is 0. The number of anilines is 1. The van der Waals surface area contributed by atoms with Gasteiger partial charge in [-0.3, -0.25) is 4.79 Å². The summed E-state index contributed by atoms with van der Waals surface area (Å²) in [5, 5.41) is 8.89. The van der Waals surface area contributed by atoms with Crippen LogP contribution in [0.25, 0.3) is 0 Å². The van der Waals surface area contributed by atoms with E-state index in [0.29, 0.717) is 23.6 Å². The summed E-state index contributed by atoms with van der Waals surface area (Å²) in [7, 11) is 1.18. The van der Waals surface area contributed by atoms with Crippen LogP contribution >= 0.6 is 0 Å². The molecule has 0 aliphatic heterocycles. The van der Waals surface area contributed by atoms with Gasteiger partial charge in [0.05, 0.1) is 30.0 Å². The van der Waals surface area contributed by atoms with Gasteiger partial charge in [-0.1, -0.05) is 6.07 Å². The Morgan fingerprint density at radius 3 is 2.50 bits per heavy atom. The van der Waals surface area contributed by atoms with Crippen molar-refractivity contribution in [2.24, 2.45) is 5.92 Å². The second-order valence-corrected chi connectivity index (χ2v) is 6.18. The molecule has 2 aromatic carbocycles. The predicted molar refractivity (Wildman–Crippen MR) is 93.3 cm³/mol. The van der Waals surface area contributed by atoms with E-state index in [-0.39, 0.29) is 17.2 Å². The van der Waals surface area contributed by atoms with Crippen LogP contribution in [0.3, 0.4) is 0 Å². The fourth-order valence-corrected chi connectivity index (χ4v) is 2.69. The highest BCUT2D eigenvalue weighted by Gasteiger charge is 2.30. The van der Waals surface area contributed by atoms with Crippen LogP contribution in [0.1, 0.15) is 39.1 Å². The third kappa shape index (κ3) is 3.57. The summed E-state index contributed by atoms with van der Waals surface area (Å²) < 4.78 is 19.5. The van der Waals surface area contributed by atoms with Crippen molar-refractivity contribution in [3.05, 3.63) is 65.0 Å². The van der Waals surface area contributed by atoms with Gasteiger partial charge < -0.3 is 9.64 Å². The van der Waals surface area contributed by atoms with Gasteiger partial charge in [0.1, 0.15) is 0 Å². The fourth-order valence-electron chi connectivity index (χ4n) is 2.69. The van der Waals surface area contributed by atoms with Crippen molar-refractivity contribution >= 4 is 17.6 Å². The van der Waals surface area contributed by atoms with E-state index >= 15 is 0 Å². The molecule has 2 aromatic rings. The molecule has 0 spiro atoms. The average molecular weight is 352 g/mol. The van der Waals surface area contributed by atoms with Crippen LogP contribution in [0.2, 0.25) is 0 Å². The van der Waals surface area contributed by atoms with Crippen LogP contribution in [-0.4, -0.2) is 25.5 Å². The van der Waals surface area contributed by atoms with Crippen molar-refractivity contribution in [1.82, 2.24) is 0 Å². The lowest BCUT2D eigenvalue weighted by Gasteiger charge is -2.24. The van der Waals surface area contributed by atoms with E-state index in [4.69, 9.17) is 5.26 Å². The number of hydrogen-bond acceptors (Lipinski definition) is 4. The Bertz CT molecular complexity index is 883. The van der Waals surface area contributed by atoms with Gasteiger partial charge in [-0.25, -0.2) is 9.18 Å². The number of nitrogens with zero attached hydrogens (tertiary/aromatic N) is 2. The lowest BCUT2D eigenvalue weighted by molar-refractivity contribution is 0.0595. The highest BCUT2D eigenvalue weighted by Crippen LogP contribution is 2.33. The van der Waals surface area contributed by atoms with Crippen LogP contribution in [0.5, 0.6) is 0 Å². The molecule has 1 fully saturated rings. The lowest BCUT2D eigenvalue weighted by Crippen LogP contribution is -2.34. The Hall–Kier alpha value is -3.20. The zero-order valence-corrected chi connectivity index (χ0v) is 14.2. The summed E-state index contributed by atoms with van der Waals surface area (Å²) in [4.78, 5) is 26.1. The molecule has 0 saturated heterocycles. The minimum Gasteiger partial charge on any atom is -0.465 e. The molecule has 26 heavy (non-hydrogen) atoms. The fraction of sp³-hybridized carbons (Fsp3) is 0.250. The molecule has 0 heterocycles. The molecule has 1 amide bonds. The van der Waals surface area contributed by atoms with Gasteiger partial charge in [-0.05, 0) is 55.2 Å². The first-order chi connectivity index (χ1) is 12.5. The van der Waals surface area contributed by atoms with E-state index in [2.05, 4.69) is 4.74 Å². The van der Waals surface area contributed by atoms with E-state index in [1.54, 1.807) is 24.3 Å². The normalized spacial score (nSPS) is 13.0. The van der Waals surface area contributed by atoms with E-state index in [1.807, 2.05) is 6.07 Å². The zero-order valence-electron chi connectivity index (χ0n) is 14.2. The first kappa shape index (κ1) is 17.6. The molecule has 6 heteroatoms. The Kier molecular flexibility index (Phi) is 4.99. The molecule has 3 rings (SSSR count). The van der Waals surface area contributed by atoms with Gasteiger partial charge in [0.15, 0.2) is 5.82 Å². The monoisotopic (exact) mass is 352 g/mol. The maximum atomic E-state index is 14.9. The summed E-state index contributed by atoms with van der Waals surface area (Å²) in [6.07, 6.45) is 1.96. The number of benzene rings is 2. The van der Waals surface area contributed by atoms with Gasteiger partial charge in [-0.2, -0.15) is 5.26 Å². The number of carbonyl (C=O) groups is 2. The number of esters is 1. The molecule has 0 unspecified atom stereocenters. The molecule has 0 bridgehead atoms. The number of methoxy groups -OCH3 is 1. The highest BCUT2D eigenvalue weighted by atomic mass is 19.1. The lowest BCUT2D eigenvalue weighted by atomic mass is 10.1. The smallest absolute Gasteiger partial charge is 0.340 e. The number of carbonyl (C=O) groups excluding carboxylic acids is 2. The third-order valence-corrected chi connectivity index (χ3v) is 4.32. The molecule has 1 aliphatic carbocycles. The van der Waals surface area contributed by atoms with Crippen molar-refractivity contribution in [1.29, 1.82) is 5.26 Å². The Morgan fingerprint density at radius 2 is 1.92 bits per heavy atom. The molecule has 1 aliphatic rings. The molecule has 5 nitrogen and oxygen atoms in total. The van der Waals surface area contributed by atoms with Crippen molar-refractivity contribution in [3.63, 3.8) is 0 Å². The van der Waals surface area contributed by atoms with E-state index in [1.165, 1.54) is 30.2 Å². The minimum absolute atomic E-state index is 0.0501. The highest BCUT2D eigenvalue weighted by molar-refractivity contribution is 6.07. The molecule has 0 atom stereocenters. The summed E-state index contributed by atoms with van der Waals surface area (Å²) in [6, 6.07) is 12.5. The third-order valence-electron chi connectivity index (χ3n) is 4.32. The first-order valence-corrected chi connectivity index (χ1v) is 8.24. The van der Waals surface area contributed by atoms with Crippen LogP contribution in [0, 0.1) is 23.1 Å². The molecule has 132 valence electrons.